The molecule has 0 saturated carbocycles. The van der Waals surface area contributed by atoms with Crippen LogP contribution in [0.4, 0.5) is 0 Å². The van der Waals surface area contributed by atoms with E-state index in [1.54, 1.807) is 0 Å². The highest BCUT2D eigenvalue weighted by Crippen LogP contribution is 2.20. The summed E-state index contributed by atoms with van der Waals surface area (Å²) in [6, 6.07) is 16.0. The highest BCUT2D eigenvalue weighted by molar-refractivity contribution is 6.30. The smallest absolute Gasteiger partial charge is 0.124 e. The van der Waals surface area contributed by atoms with E-state index in [-0.39, 0.29) is 0 Å². The van der Waals surface area contributed by atoms with Gasteiger partial charge in [-0.1, -0.05) is 68.1 Å². The highest BCUT2D eigenvalue weighted by atomic mass is 35.5. The second kappa shape index (κ2) is 10.3. The second-order valence-corrected chi connectivity index (χ2v) is 6.20. The monoisotopic (exact) mass is 331 g/mol. The van der Waals surface area contributed by atoms with E-state index in [9.17, 15) is 0 Å². The van der Waals surface area contributed by atoms with Crippen molar-refractivity contribution in [3.05, 3.63) is 64.7 Å². The Morgan fingerprint density at radius 3 is 2.52 bits per heavy atom. The molecule has 3 heteroatoms. The standard InChI is InChI=1S/C20H26ClNO/c1-2-3-4-7-14-22-15-18-8-5-6-9-20(18)23-16-17-10-12-19(21)13-11-17/h5-6,8-13,22H,2-4,7,14-16H2,1H3. The summed E-state index contributed by atoms with van der Waals surface area (Å²) in [4.78, 5) is 0. The molecule has 0 radical (unpaired) electrons. The molecule has 2 aromatic carbocycles. The second-order valence-electron chi connectivity index (χ2n) is 5.76. The minimum atomic E-state index is 0.560. The van der Waals surface area contributed by atoms with E-state index in [2.05, 4.69) is 24.4 Å². The van der Waals surface area contributed by atoms with E-state index < -0.39 is 0 Å². The lowest BCUT2D eigenvalue weighted by Crippen LogP contribution is -2.15. The van der Waals surface area contributed by atoms with Crippen LogP contribution in [0.1, 0.15) is 43.7 Å². The summed E-state index contributed by atoms with van der Waals surface area (Å²) in [6.07, 6.45) is 5.14. The summed E-state index contributed by atoms with van der Waals surface area (Å²) in [6.45, 7) is 4.71. The summed E-state index contributed by atoms with van der Waals surface area (Å²) in [5.74, 6) is 0.948. The fourth-order valence-electron chi connectivity index (χ4n) is 2.43. The number of para-hydroxylation sites is 1. The Kier molecular flexibility index (Phi) is 7.99. The van der Waals surface area contributed by atoms with E-state index in [1.165, 1.54) is 31.2 Å². The lowest BCUT2D eigenvalue weighted by molar-refractivity contribution is 0.302. The fourth-order valence-corrected chi connectivity index (χ4v) is 2.56. The van der Waals surface area contributed by atoms with Gasteiger partial charge in [0.1, 0.15) is 12.4 Å². The van der Waals surface area contributed by atoms with Crippen molar-refractivity contribution in [2.24, 2.45) is 0 Å². The van der Waals surface area contributed by atoms with Crippen LogP contribution in [0.3, 0.4) is 0 Å². The first kappa shape index (κ1) is 17.8. The van der Waals surface area contributed by atoms with Crippen molar-refractivity contribution in [1.29, 1.82) is 0 Å². The first-order chi connectivity index (χ1) is 11.3. The van der Waals surface area contributed by atoms with Crippen LogP contribution in [0.25, 0.3) is 0 Å². The van der Waals surface area contributed by atoms with Crippen LogP contribution in [0.2, 0.25) is 5.02 Å². The Bertz CT molecular complexity index is 568. The number of benzene rings is 2. The Balaban J connectivity index is 1.81. The molecule has 0 fully saturated rings. The average Bonchev–Trinajstić information content (AvgIpc) is 2.58. The lowest BCUT2D eigenvalue weighted by Gasteiger charge is -2.12. The van der Waals surface area contributed by atoms with E-state index in [1.807, 2.05) is 36.4 Å². The Labute approximate surface area is 144 Å². The summed E-state index contributed by atoms with van der Waals surface area (Å²) in [5.41, 5.74) is 2.33. The molecule has 0 aliphatic rings. The van der Waals surface area contributed by atoms with Crippen molar-refractivity contribution in [1.82, 2.24) is 5.32 Å². The lowest BCUT2D eigenvalue weighted by atomic mass is 10.2. The zero-order valence-electron chi connectivity index (χ0n) is 13.9. The van der Waals surface area contributed by atoms with Crippen LogP contribution >= 0.6 is 11.6 Å². The molecule has 0 aliphatic carbocycles. The zero-order valence-corrected chi connectivity index (χ0v) is 14.6. The molecule has 0 aromatic heterocycles. The van der Waals surface area contributed by atoms with Gasteiger partial charge in [-0.05, 0) is 36.7 Å². The summed E-state index contributed by atoms with van der Waals surface area (Å²) in [7, 11) is 0. The van der Waals surface area contributed by atoms with Gasteiger partial charge in [-0.15, -0.1) is 0 Å². The van der Waals surface area contributed by atoms with Crippen molar-refractivity contribution in [3.63, 3.8) is 0 Å². The number of hydrogen-bond donors (Lipinski definition) is 1. The fraction of sp³-hybridized carbons (Fsp3) is 0.400. The Hall–Kier alpha value is -1.51. The molecule has 0 spiro atoms. The van der Waals surface area contributed by atoms with Gasteiger partial charge in [0.2, 0.25) is 0 Å². The van der Waals surface area contributed by atoms with Gasteiger partial charge in [0.05, 0.1) is 0 Å². The van der Waals surface area contributed by atoms with Gasteiger partial charge in [-0.2, -0.15) is 0 Å². The van der Waals surface area contributed by atoms with E-state index in [0.29, 0.717) is 6.61 Å². The van der Waals surface area contributed by atoms with Crippen molar-refractivity contribution >= 4 is 11.6 Å². The molecule has 2 rings (SSSR count). The number of hydrogen-bond acceptors (Lipinski definition) is 2. The van der Waals surface area contributed by atoms with Crippen molar-refractivity contribution in [2.45, 2.75) is 45.8 Å². The van der Waals surface area contributed by atoms with Crippen LogP contribution in [0.15, 0.2) is 48.5 Å². The van der Waals surface area contributed by atoms with Crippen LogP contribution in [-0.2, 0) is 13.2 Å². The Morgan fingerprint density at radius 1 is 0.957 bits per heavy atom. The highest BCUT2D eigenvalue weighted by Gasteiger charge is 2.03. The molecule has 23 heavy (non-hydrogen) atoms. The molecule has 1 N–H and O–H groups in total. The molecule has 2 aromatic rings. The van der Waals surface area contributed by atoms with Crippen molar-refractivity contribution in [3.8, 4) is 5.75 Å². The van der Waals surface area contributed by atoms with Gasteiger partial charge >= 0.3 is 0 Å². The molecule has 0 heterocycles. The van der Waals surface area contributed by atoms with Gasteiger partial charge in [0, 0.05) is 17.1 Å². The van der Waals surface area contributed by atoms with Crippen molar-refractivity contribution < 1.29 is 4.74 Å². The van der Waals surface area contributed by atoms with E-state index >= 15 is 0 Å². The summed E-state index contributed by atoms with van der Waals surface area (Å²) < 4.78 is 5.98. The number of unbranched alkanes of at least 4 members (excludes halogenated alkanes) is 3. The first-order valence-electron chi connectivity index (χ1n) is 8.45. The maximum atomic E-state index is 5.98. The van der Waals surface area contributed by atoms with Gasteiger partial charge in [0.15, 0.2) is 0 Å². The number of nitrogens with one attached hydrogen (secondary N) is 1. The molecule has 0 saturated heterocycles. The maximum Gasteiger partial charge on any atom is 0.124 e. The molecule has 2 nitrogen and oxygen atoms in total. The van der Waals surface area contributed by atoms with Crippen molar-refractivity contribution in [2.75, 3.05) is 6.54 Å². The molecule has 0 atom stereocenters. The van der Waals surface area contributed by atoms with Crippen LogP contribution in [0, 0.1) is 0 Å². The minimum Gasteiger partial charge on any atom is -0.489 e. The van der Waals surface area contributed by atoms with E-state index in [4.69, 9.17) is 16.3 Å². The van der Waals surface area contributed by atoms with Crippen LogP contribution < -0.4 is 10.1 Å². The van der Waals surface area contributed by atoms with Crippen LogP contribution in [0.5, 0.6) is 5.75 Å². The summed E-state index contributed by atoms with van der Waals surface area (Å²) in [5, 5.41) is 4.26. The topological polar surface area (TPSA) is 21.3 Å². The average molecular weight is 332 g/mol. The molecule has 124 valence electrons. The third kappa shape index (κ3) is 6.64. The van der Waals surface area contributed by atoms with Gasteiger partial charge < -0.3 is 10.1 Å². The quantitative estimate of drug-likeness (QED) is 0.573. The number of rotatable bonds is 10. The predicted molar refractivity (Wildman–Crippen MR) is 98.1 cm³/mol. The van der Waals surface area contributed by atoms with Gasteiger partial charge in [0.25, 0.3) is 0 Å². The molecule has 0 unspecified atom stereocenters. The number of halogens is 1. The third-order valence-electron chi connectivity index (χ3n) is 3.80. The number of ether oxygens (including phenoxy) is 1. The largest absolute Gasteiger partial charge is 0.489 e. The van der Waals surface area contributed by atoms with Crippen LogP contribution in [-0.4, -0.2) is 6.54 Å². The third-order valence-corrected chi connectivity index (χ3v) is 4.05. The normalized spacial score (nSPS) is 10.7. The molecular weight excluding hydrogens is 306 g/mol. The minimum absolute atomic E-state index is 0.560. The molecule has 0 aliphatic heterocycles. The van der Waals surface area contributed by atoms with Gasteiger partial charge in [-0.3, -0.25) is 0 Å². The SMILES string of the molecule is CCCCCCNCc1ccccc1OCc1ccc(Cl)cc1. The first-order valence-corrected chi connectivity index (χ1v) is 8.83. The molecular formula is C20H26ClNO. The zero-order chi connectivity index (χ0) is 16.3. The molecule has 0 bridgehead atoms. The van der Waals surface area contributed by atoms with E-state index in [0.717, 1.165) is 29.4 Å². The summed E-state index contributed by atoms with van der Waals surface area (Å²) >= 11 is 5.91. The van der Waals surface area contributed by atoms with Gasteiger partial charge in [-0.25, -0.2) is 0 Å². The molecule has 0 amide bonds. The maximum absolute atomic E-state index is 5.98. The predicted octanol–water partition coefficient (Wildman–Crippen LogP) is 5.59. The Morgan fingerprint density at radius 2 is 1.74 bits per heavy atom.